The molecule has 0 unspecified atom stereocenters. The Hall–Kier alpha value is -2.87. The molecular formula is C28H41N7O. The molecule has 0 spiro atoms. The maximum absolute atomic E-state index is 13.2. The van der Waals surface area contributed by atoms with Crippen LogP contribution in [-0.2, 0) is 4.79 Å². The van der Waals surface area contributed by atoms with Crippen LogP contribution in [0.15, 0.2) is 30.5 Å². The molecule has 3 heterocycles. The van der Waals surface area contributed by atoms with Crippen LogP contribution in [0.25, 0.3) is 0 Å². The van der Waals surface area contributed by atoms with Crippen molar-refractivity contribution in [1.82, 2.24) is 14.9 Å². The largest absolute Gasteiger partial charge is 0.369 e. The highest BCUT2D eigenvalue weighted by atomic mass is 16.2. The van der Waals surface area contributed by atoms with Crippen molar-refractivity contribution in [2.45, 2.75) is 58.5 Å². The van der Waals surface area contributed by atoms with Crippen LogP contribution in [-0.4, -0.2) is 73.6 Å². The summed E-state index contributed by atoms with van der Waals surface area (Å²) in [6, 6.07) is 9.33. The number of fused-ring (bicyclic) bond motifs is 1. The molecule has 2 aromatic rings. The lowest BCUT2D eigenvalue weighted by Crippen LogP contribution is -2.45. The van der Waals surface area contributed by atoms with E-state index in [4.69, 9.17) is 4.98 Å². The van der Waals surface area contributed by atoms with Crippen LogP contribution in [0, 0.1) is 5.41 Å². The third-order valence-corrected chi connectivity index (χ3v) is 8.21. The van der Waals surface area contributed by atoms with Crippen molar-refractivity contribution in [3.8, 4) is 0 Å². The Labute approximate surface area is 215 Å². The predicted octanol–water partition coefficient (Wildman–Crippen LogP) is 4.15. The first-order chi connectivity index (χ1) is 17.2. The van der Waals surface area contributed by atoms with Gasteiger partial charge in [-0.1, -0.05) is 25.0 Å². The van der Waals surface area contributed by atoms with Gasteiger partial charge >= 0.3 is 0 Å². The van der Waals surface area contributed by atoms with E-state index in [9.17, 15) is 4.79 Å². The van der Waals surface area contributed by atoms with Gasteiger partial charge in [0.2, 0.25) is 11.9 Å². The first-order valence-corrected chi connectivity index (χ1v) is 13.4. The number of hydrogen-bond acceptors (Lipinski definition) is 7. The molecule has 0 bridgehead atoms. The number of amides is 1. The zero-order chi connectivity index (χ0) is 25.4. The van der Waals surface area contributed by atoms with Crippen LogP contribution >= 0.6 is 0 Å². The molecule has 2 aliphatic heterocycles. The Morgan fingerprint density at radius 2 is 1.69 bits per heavy atom. The molecule has 2 fully saturated rings. The van der Waals surface area contributed by atoms with Gasteiger partial charge in [-0.05, 0) is 58.4 Å². The summed E-state index contributed by atoms with van der Waals surface area (Å²) in [5.41, 5.74) is 2.80. The number of aromatic nitrogens is 2. The number of hydrogen-bond donors (Lipinski definition) is 1. The number of piperazine rings is 1. The molecule has 1 aromatic heterocycles. The minimum atomic E-state index is -0.482. The van der Waals surface area contributed by atoms with E-state index in [0.29, 0.717) is 18.5 Å². The van der Waals surface area contributed by atoms with Gasteiger partial charge in [0.15, 0.2) is 5.82 Å². The lowest BCUT2D eigenvalue weighted by atomic mass is 9.91. The summed E-state index contributed by atoms with van der Waals surface area (Å²) in [5, 5.41) is 3.52. The normalized spacial score (nSPS) is 21.9. The molecule has 1 aromatic carbocycles. The minimum Gasteiger partial charge on any atom is -0.369 e. The van der Waals surface area contributed by atoms with E-state index >= 15 is 0 Å². The quantitative estimate of drug-likeness (QED) is 0.674. The molecule has 1 saturated heterocycles. The highest BCUT2D eigenvalue weighted by Gasteiger charge is 2.41. The standard InChI is InChI=1S/C28H41N7O/c1-20(21-10-12-22(13-11-21)34-16-14-32(4)15-17-34)30-27-29-18-24-25(31-27)35(23-8-6-7-9-23)19-28(2,3)26(36)33(24)5/h10-13,18,20,23H,6-9,14-17,19H2,1-5H3,(H,29,30,31)/t20-/m0/s1. The molecule has 1 N–H and O–H groups in total. The van der Waals surface area contributed by atoms with Gasteiger partial charge in [-0.25, -0.2) is 4.98 Å². The summed E-state index contributed by atoms with van der Waals surface area (Å²) in [6.07, 6.45) is 6.58. The molecule has 3 aliphatic rings. The molecule has 5 rings (SSSR count). The average molecular weight is 492 g/mol. The van der Waals surface area contributed by atoms with Crippen LogP contribution in [0.3, 0.4) is 0 Å². The third kappa shape index (κ3) is 4.88. The number of likely N-dealkylation sites (N-methyl/N-ethyl adjacent to an activating group) is 1. The van der Waals surface area contributed by atoms with Gasteiger partial charge in [0.1, 0.15) is 5.69 Å². The van der Waals surface area contributed by atoms with E-state index < -0.39 is 5.41 Å². The fraction of sp³-hybridized carbons (Fsp3) is 0.607. The number of nitrogens with one attached hydrogen (secondary N) is 1. The van der Waals surface area contributed by atoms with E-state index in [1.807, 2.05) is 27.1 Å². The number of rotatable bonds is 5. The topological polar surface area (TPSA) is 67.8 Å². The molecule has 1 saturated carbocycles. The Morgan fingerprint density at radius 1 is 1.03 bits per heavy atom. The van der Waals surface area contributed by atoms with Gasteiger partial charge in [-0.2, -0.15) is 4.98 Å². The zero-order valence-corrected chi connectivity index (χ0v) is 22.5. The van der Waals surface area contributed by atoms with Crippen LogP contribution in [0.2, 0.25) is 0 Å². The molecule has 8 heteroatoms. The van der Waals surface area contributed by atoms with Crippen molar-refractivity contribution >= 4 is 29.0 Å². The van der Waals surface area contributed by atoms with Crippen LogP contribution in [0.1, 0.15) is 58.1 Å². The monoisotopic (exact) mass is 491 g/mol. The summed E-state index contributed by atoms with van der Waals surface area (Å²) < 4.78 is 0. The van der Waals surface area contributed by atoms with E-state index in [1.54, 1.807) is 4.90 Å². The van der Waals surface area contributed by atoms with E-state index in [0.717, 1.165) is 50.5 Å². The molecule has 1 amide bonds. The van der Waals surface area contributed by atoms with E-state index in [1.165, 1.54) is 24.1 Å². The van der Waals surface area contributed by atoms with Crippen molar-refractivity contribution in [3.63, 3.8) is 0 Å². The van der Waals surface area contributed by atoms with Crippen molar-refractivity contribution in [3.05, 3.63) is 36.0 Å². The highest BCUT2D eigenvalue weighted by molar-refractivity contribution is 6.00. The zero-order valence-electron chi connectivity index (χ0n) is 22.5. The first-order valence-electron chi connectivity index (χ1n) is 13.4. The first kappa shape index (κ1) is 24.8. The summed E-state index contributed by atoms with van der Waals surface area (Å²) >= 11 is 0. The van der Waals surface area contributed by atoms with Crippen molar-refractivity contribution < 1.29 is 4.79 Å². The molecule has 1 aliphatic carbocycles. The lowest BCUT2D eigenvalue weighted by Gasteiger charge is -2.34. The second kappa shape index (κ2) is 9.88. The van der Waals surface area contributed by atoms with Gasteiger partial charge in [-0.15, -0.1) is 0 Å². The number of nitrogens with zero attached hydrogens (tertiary/aromatic N) is 6. The number of benzene rings is 1. The fourth-order valence-electron chi connectivity index (χ4n) is 5.85. The second-order valence-corrected chi connectivity index (χ2v) is 11.5. The molecule has 1 atom stereocenters. The van der Waals surface area contributed by atoms with Crippen LogP contribution < -0.4 is 20.0 Å². The Bertz CT molecular complexity index is 1070. The Balaban J connectivity index is 1.36. The van der Waals surface area contributed by atoms with E-state index in [-0.39, 0.29) is 11.9 Å². The highest BCUT2D eigenvalue weighted by Crippen LogP contribution is 2.40. The minimum absolute atomic E-state index is 0.0612. The smallest absolute Gasteiger partial charge is 0.234 e. The Morgan fingerprint density at radius 3 is 2.36 bits per heavy atom. The Kier molecular flexibility index (Phi) is 6.81. The summed E-state index contributed by atoms with van der Waals surface area (Å²) in [7, 11) is 4.03. The van der Waals surface area contributed by atoms with Gasteiger partial charge in [0, 0.05) is 51.5 Å². The predicted molar refractivity (Wildman–Crippen MR) is 147 cm³/mol. The van der Waals surface area contributed by atoms with Crippen LogP contribution in [0.4, 0.5) is 23.1 Å². The van der Waals surface area contributed by atoms with Gasteiger partial charge < -0.3 is 24.9 Å². The maximum Gasteiger partial charge on any atom is 0.234 e. The number of anilines is 4. The van der Waals surface area contributed by atoms with Gasteiger partial charge in [-0.3, -0.25) is 4.79 Å². The SMILES string of the molecule is C[C@H](Nc1ncc2c(n1)N(C1CCCC1)CC(C)(C)C(=O)N2C)c1ccc(N2CCN(C)CC2)cc1. The van der Waals surface area contributed by atoms with E-state index in [2.05, 4.69) is 63.2 Å². The molecule has 8 nitrogen and oxygen atoms in total. The lowest BCUT2D eigenvalue weighted by molar-refractivity contribution is -0.125. The third-order valence-electron chi connectivity index (χ3n) is 8.21. The van der Waals surface area contributed by atoms with Gasteiger partial charge in [0.25, 0.3) is 0 Å². The van der Waals surface area contributed by atoms with Crippen LogP contribution in [0.5, 0.6) is 0 Å². The summed E-state index contributed by atoms with van der Waals surface area (Å²) in [4.78, 5) is 31.8. The van der Waals surface area contributed by atoms with Crippen molar-refractivity contribution in [1.29, 1.82) is 0 Å². The van der Waals surface area contributed by atoms with Gasteiger partial charge in [0.05, 0.1) is 17.7 Å². The maximum atomic E-state index is 13.2. The second-order valence-electron chi connectivity index (χ2n) is 11.5. The molecule has 36 heavy (non-hydrogen) atoms. The molecule has 0 radical (unpaired) electrons. The number of carbonyl (C=O) groups excluding carboxylic acids is 1. The molecular weight excluding hydrogens is 450 g/mol. The average Bonchev–Trinajstić information content (AvgIpc) is 3.40. The van der Waals surface area contributed by atoms with Crippen molar-refractivity contribution in [2.75, 3.05) is 66.8 Å². The molecule has 194 valence electrons. The van der Waals surface area contributed by atoms with Crippen molar-refractivity contribution in [2.24, 2.45) is 5.41 Å². The number of carbonyl (C=O) groups is 1. The summed E-state index contributed by atoms with van der Waals surface area (Å²) in [6.45, 7) is 11.2. The summed E-state index contributed by atoms with van der Waals surface area (Å²) in [5.74, 6) is 1.59. The fourth-order valence-corrected chi connectivity index (χ4v) is 5.85.